The molecule has 1 aliphatic heterocycles. The highest BCUT2D eigenvalue weighted by atomic mass is 16.7. The predicted molar refractivity (Wildman–Crippen MR) is 102 cm³/mol. The number of hydrogen-bond acceptors (Lipinski definition) is 6. The molecule has 148 valence electrons. The second kappa shape index (κ2) is 8.98. The summed E-state index contributed by atoms with van der Waals surface area (Å²) in [6.07, 6.45) is 0.781. The molecular weight excluding hydrogens is 364 g/mol. The lowest BCUT2D eigenvalue weighted by Crippen LogP contribution is -2.32. The number of nitrogens with one attached hydrogen (secondary N) is 2. The van der Waals surface area contributed by atoms with E-state index < -0.39 is 0 Å². The van der Waals surface area contributed by atoms with Crippen LogP contribution in [0.3, 0.4) is 0 Å². The Labute approximate surface area is 162 Å². The Balaban J connectivity index is 1.43. The Hall–Kier alpha value is -3.42. The number of anilines is 1. The third-order valence-electron chi connectivity index (χ3n) is 4.19. The van der Waals surface area contributed by atoms with E-state index in [1.54, 1.807) is 38.5 Å². The number of ether oxygens (including phenoxy) is 4. The molecule has 1 aliphatic rings. The first-order valence-corrected chi connectivity index (χ1v) is 8.76. The van der Waals surface area contributed by atoms with Gasteiger partial charge in [0.25, 0.3) is 0 Å². The van der Waals surface area contributed by atoms with Crippen LogP contribution in [0.4, 0.5) is 5.69 Å². The molecule has 0 saturated heterocycles. The van der Waals surface area contributed by atoms with Crippen LogP contribution in [0.15, 0.2) is 36.4 Å². The van der Waals surface area contributed by atoms with Crippen LogP contribution < -0.4 is 29.6 Å². The molecule has 0 aliphatic carbocycles. The summed E-state index contributed by atoms with van der Waals surface area (Å²) in [7, 11) is 3.13. The van der Waals surface area contributed by atoms with Crippen LogP contribution in [0.5, 0.6) is 23.0 Å². The van der Waals surface area contributed by atoms with Gasteiger partial charge in [0.2, 0.25) is 18.6 Å². The molecule has 2 N–H and O–H groups in total. The molecule has 8 nitrogen and oxygen atoms in total. The zero-order chi connectivity index (χ0) is 19.9. The standard InChI is InChI=1S/C20H22N2O6/c1-25-15-6-3-13(9-17(15)26-2)4-8-19(23)21-11-20(24)22-14-5-7-16-18(10-14)28-12-27-16/h3,5-7,9-10H,4,8,11-12H2,1-2H3,(H,21,23)(H,22,24). The van der Waals surface area contributed by atoms with Gasteiger partial charge in [0, 0.05) is 18.2 Å². The number of fused-ring (bicyclic) bond motifs is 1. The number of carbonyl (C=O) groups excluding carboxylic acids is 2. The van der Waals surface area contributed by atoms with Crippen molar-refractivity contribution in [2.24, 2.45) is 0 Å². The van der Waals surface area contributed by atoms with Crippen molar-refractivity contribution in [3.63, 3.8) is 0 Å². The number of hydrogen-bond donors (Lipinski definition) is 2. The van der Waals surface area contributed by atoms with Crippen molar-refractivity contribution in [1.29, 1.82) is 0 Å². The van der Waals surface area contributed by atoms with Gasteiger partial charge in [-0.05, 0) is 36.2 Å². The lowest BCUT2D eigenvalue weighted by Gasteiger charge is -2.10. The maximum atomic E-state index is 12.0. The topological polar surface area (TPSA) is 95.1 Å². The van der Waals surface area contributed by atoms with E-state index in [2.05, 4.69) is 10.6 Å². The average molecular weight is 386 g/mol. The van der Waals surface area contributed by atoms with E-state index in [9.17, 15) is 9.59 Å². The van der Waals surface area contributed by atoms with Gasteiger partial charge in [0.15, 0.2) is 23.0 Å². The van der Waals surface area contributed by atoms with Gasteiger partial charge in [-0.3, -0.25) is 9.59 Å². The summed E-state index contributed by atoms with van der Waals surface area (Å²) in [5, 5.41) is 5.32. The van der Waals surface area contributed by atoms with Crippen molar-refractivity contribution in [2.75, 3.05) is 32.9 Å². The van der Waals surface area contributed by atoms with E-state index in [0.29, 0.717) is 35.1 Å². The summed E-state index contributed by atoms with van der Waals surface area (Å²) in [5.41, 5.74) is 1.52. The van der Waals surface area contributed by atoms with Crippen LogP contribution in [0.1, 0.15) is 12.0 Å². The minimum Gasteiger partial charge on any atom is -0.493 e. The van der Waals surface area contributed by atoms with Crippen molar-refractivity contribution >= 4 is 17.5 Å². The van der Waals surface area contributed by atoms with Crippen molar-refractivity contribution in [3.05, 3.63) is 42.0 Å². The van der Waals surface area contributed by atoms with Crippen molar-refractivity contribution in [2.45, 2.75) is 12.8 Å². The highest BCUT2D eigenvalue weighted by Crippen LogP contribution is 2.34. The third kappa shape index (κ3) is 4.85. The van der Waals surface area contributed by atoms with Gasteiger partial charge < -0.3 is 29.6 Å². The Kier molecular flexibility index (Phi) is 6.21. The molecule has 2 aromatic carbocycles. The zero-order valence-corrected chi connectivity index (χ0v) is 15.7. The lowest BCUT2D eigenvalue weighted by molar-refractivity contribution is -0.124. The van der Waals surface area contributed by atoms with Crippen LogP contribution in [0.2, 0.25) is 0 Å². The summed E-state index contributed by atoms with van der Waals surface area (Å²) in [6.45, 7) is 0.0576. The van der Waals surface area contributed by atoms with E-state index in [4.69, 9.17) is 18.9 Å². The molecule has 2 amide bonds. The smallest absolute Gasteiger partial charge is 0.243 e. The number of methoxy groups -OCH3 is 2. The summed E-state index contributed by atoms with van der Waals surface area (Å²) in [4.78, 5) is 24.0. The second-order valence-electron chi connectivity index (χ2n) is 6.08. The van der Waals surface area contributed by atoms with Crippen molar-refractivity contribution < 1.29 is 28.5 Å². The minimum atomic E-state index is -0.321. The van der Waals surface area contributed by atoms with Gasteiger partial charge in [-0.1, -0.05) is 6.07 Å². The molecule has 0 aromatic heterocycles. The quantitative estimate of drug-likeness (QED) is 0.722. The zero-order valence-electron chi connectivity index (χ0n) is 15.7. The first-order chi connectivity index (χ1) is 13.6. The lowest BCUT2D eigenvalue weighted by atomic mass is 10.1. The molecule has 1 heterocycles. The molecule has 28 heavy (non-hydrogen) atoms. The molecule has 0 bridgehead atoms. The number of aryl methyl sites for hydroxylation is 1. The summed E-state index contributed by atoms with van der Waals surface area (Å²) >= 11 is 0. The Morgan fingerprint density at radius 3 is 2.54 bits per heavy atom. The maximum Gasteiger partial charge on any atom is 0.243 e. The molecule has 0 unspecified atom stereocenters. The van der Waals surface area contributed by atoms with Crippen molar-refractivity contribution in [1.82, 2.24) is 5.32 Å². The molecule has 8 heteroatoms. The molecule has 0 saturated carbocycles. The van der Waals surface area contributed by atoms with Crippen LogP contribution in [-0.4, -0.2) is 39.4 Å². The highest BCUT2D eigenvalue weighted by molar-refractivity contribution is 5.94. The molecule has 0 radical (unpaired) electrons. The van der Waals surface area contributed by atoms with E-state index in [1.165, 1.54) is 0 Å². The van der Waals surface area contributed by atoms with Gasteiger partial charge in [-0.2, -0.15) is 0 Å². The molecule has 0 fully saturated rings. The van der Waals surface area contributed by atoms with Crippen LogP contribution >= 0.6 is 0 Å². The monoisotopic (exact) mass is 386 g/mol. The van der Waals surface area contributed by atoms with E-state index in [0.717, 1.165) is 5.56 Å². The van der Waals surface area contributed by atoms with E-state index in [1.807, 2.05) is 12.1 Å². The van der Waals surface area contributed by atoms with Gasteiger partial charge in [0.05, 0.1) is 20.8 Å². The fourth-order valence-electron chi connectivity index (χ4n) is 2.74. The third-order valence-corrected chi connectivity index (χ3v) is 4.19. The van der Waals surface area contributed by atoms with Crippen LogP contribution in [0.25, 0.3) is 0 Å². The number of amides is 2. The minimum absolute atomic E-state index is 0.112. The van der Waals surface area contributed by atoms with E-state index in [-0.39, 0.29) is 31.6 Å². The molecule has 0 spiro atoms. The first kappa shape index (κ1) is 19.3. The maximum absolute atomic E-state index is 12.0. The Morgan fingerprint density at radius 2 is 1.75 bits per heavy atom. The van der Waals surface area contributed by atoms with Gasteiger partial charge in [0.1, 0.15) is 0 Å². The number of carbonyl (C=O) groups is 2. The first-order valence-electron chi connectivity index (χ1n) is 8.76. The Bertz CT molecular complexity index is 868. The highest BCUT2D eigenvalue weighted by Gasteiger charge is 2.14. The fourth-order valence-corrected chi connectivity index (χ4v) is 2.74. The summed E-state index contributed by atoms with van der Waals surface area (Å²) in [6, 6.07) is 10.6. The molecule has 2 aromatic rings. The second-order valence-corrected chi connectivity index (χ2v) is 6.08. The number of rotatable bonds is 8. The van der Waals surface area contributed by atoms with E-state index >= 15 is 0 Å². The largest absolute Gasteiger partial charge is 0.493 e. The Morgan fingerprint density at radius 1 is 0.964 bits per heavy atom. The predicted octanol–water partition coefficient (Wildman–Crippen LogP) is 2.12. The molecule has 0 atom stereocenters. The average Bonchev–Trinajstić information content (AvgIpc) is 3.18. The molecular formula is C20H22N2O6. The van der Waals surface area contributed by atoms with Crippen molar-refractivity contribution in [3.8, 4) is 23.0 Å². The SMILES string of the molecule is COc1ccc(CCC(=O)NCC(=O)Nc2ccc3c(c2)OCO3)cc1OC. The summed E-state index contributed by atoms with van der Waals surface area (Å²) < 4.78 is 20.9. The van der Waals surface area contributed by atoms with Crippen LogP contribution in [-0.2, 0) is 16.0 Å². The molecule has 3 rings (SSSR count). The van der Waals surface area contributed by atoms with Gasteiger partial charge in [-0.15, -0.1) is 0 Å². The van der Waals surface area contributed by atoms with Gasteiger partial charge in [-0.25, -0.2) is 0 Å². The fraction of sp³-hybridized carbons (Fsp3) is 0.300. The normalized spacial score (nSPS) is 11.6. The van der Waals surface area contributed by atoms with Gasteiger partial charge >= 0.3 is 0 Å². The summed E-state index contributed by atoms with van der Waals surface area (Å²) in [5.74, 6) is 1.94. The number of benzene rings is 2. The van der Waals surface area contributed by atoms with Crippen LogP contribution in [0, 0.1) is 0 Å².